The Kier molecular flexibility index (Phi) is 14.5. The molecule has 0 aliphatic heterocycles. The van der Waals surface area contributed by atoms with Gasteiger partial charge in [0.1, 0.15) is 5.75 Å². The van der Waals surface area contributed by atoms with Gasteiger partial charge in [-0.25, -0.2) is 0 Å². The average molecular weight is 551 g/mol. The molecule has 0 saturated carbocycles. The molecule has 37 heavy (non-hydrogen) atoms. The molecule has 4 nitrogen and oxygen atoms in total. The Morgan fingerprint density at radius 2 is 1.38 bits per heavy atom. The van der Waals surface area contributed by atoms with Crippen molar-refractivity contribution in [1.82, 2.24) is 0 Å². The van der Waals surface area contributed by atoms with E-state index in [1.54, 1.807) is 0 Å². The van der Waals surface area contributed by atoms with E-state index in [1.165, 1.54) is 51.4 Å². The second kappa shape index (κ2) is 15.6. The van der Waals surface area contributed by atoms with Gasteiger partial charge in [-0.3, -0.25) is 0 Å². The van der Waals surface area contributed by atoms with E-state index < -0.39 is 8.32 Å². The van der Waals surface area contributed by atoms with Gasteiger partial charge < -0.3 is 4.43 Å². The maximum atomic E-state index is 7.50. The molecule has 192 valence electrons. The molecule has 3 aromatic carbocycles. The number of aryl methyl sites for hydroxylation is 1. The van der Waals surface area contributed by atoms with Gasteiger partial charge in [-0.1, -0.05) is 88.7 Å². The van der Waals surface area contributed by atoms with Crippen LogP contribution in [0.4, 0.5) is 0 Å². The summed E-state index contributed by atoms with van der Waals surface area (Å²) in [6.07, 6.45) is 7.94. The van der Waals surface area contributed by atoms with E-state index in [4.69, 9.17) is 18.4 Å². The predicted molar refractivity (Wildman–Crippen MR) is 147 cm³/mol. The third-order valence-electron chi connectivity index (χ3n) is 6.88. The van der Waals surface area contributed by atoms with Crippen LogP contribution >= 0.6 is 0 Å². The molecule has 0 unspecified atom stereocenters. The molecule has 0 aromatic heterocycles. The van der Waals surface area contributed by atoms with E-state index in [1.807, 2.05) is 0 Å². The van der Waals surface area contributed by atoms with E-state index in [9.17, 15) is 0 Å². The van der Waals surface area contributed by atoms with Crippen molar-refractivity contribution in [3.05, 3.63) is 85.2 Å². The van der Waals surface area contributed by atoms with Gasteiger partial charge in [-0.15, -0.1) is 0 Å². The van der Waals surface area contributed by atoms with E-state index in [0.717, 1.165) is 12.2 Å². The minimum Gasteiger partial charge on any atom is 0 e. The molecule has 3 aromatic rings. The summed E-state index contributed by atoms with van der Waals surface area (Å²) in [5.41, 5.74) is 6.59. The van der Waals surface area contributed by atoms with Gasteiger partial charge in [-0.2, -0.15) is 0 Å². The van der Waals surface area contributed by atoms with Crippen molar-refractivity contribution < 1.29 is 35.7 Å². The third-order valence-corrected chi connectivity index (χ3v) is 11.2. The smallest absolute Gasteiger partial charge is 0 e. The zero-order valence-corrected chi connectivity index (χ0v) is 24.7. The number of unbranched alkanes of at least 4 members (excludes halogenated alkanes) is 1. The molecule has 0 spiro atoms. The first-order chi connectivity index (χ1) is 17.2. The molecule has 0 amide bonds. The molecule has 0 N–H and O–H groups in total. The summed E-state index contributed by atoms with van der Waals surface area (Å²) < 4.78 is 29.5. The fraction of sp³-hybridized carbons (Fsp3) is 0.323. The van der Waals surface area contributed by atoms with E-state index in [-0.39, 0.29) is 22.4 Å². The first kappa shape index (κ1) is 34.4. The van der Waals surface area contributed by atoms with Crippen molar-refractivity contribution in [3.63, 3.8) is 0 Å². The van der Waals surface area contributed by atoms with Crippen molar-refractivity contribution in [2.45, 2.75) is 65.1 Å². The SMILES string of the molecule is CCCCc1cc2c3c(cccc3c1O[Si](C)(C)C(C)(C)C)C=Cc1ccccc1-2.[C-]#[O+].[C-]#[O+].[C-]#[O+].[Cr]. The van der Waals surface area contributed by atoms with Gasteiger partial charge in [0.15, 0.2) is 0 Å². The molecule has 0 heterocycles. The minimum atomic E-state index is -1.96. The third kappa shape index (κ3) is 7.71. The van der Waals surface area contributed by atoms with Crippen molar-refractivity contribution in [3.8, 4) is 16.9 Å². The summed E-state index contributed by atoms with van der Waals surface area (Å²) in [6, 6.07) is 17.9. The first-order valence-electron chi connectivity index (χ1n) is 11.9. The van der Waals surface area contributed by atoms with E-state index in [2.05, 4.69) is 121 Å². The maximum Gasteiger partial charge on any atom is 0 e. The first-order valence-corrected chi connectivity index (χ1v) is 14.8. The molecule has 1 aliphatic rings. The van der Waals surface area contributed by atoms with Crippen LogP contribution in [0.15, 0.2) is 48.5 Å². The monoisotopic (exact) mass is 550 g/mol. The van der Waals surface area contributed by atoms with Gasteiger partial charge in [-0.05, 0) is 64.9 Å². The summed E-state index contributed by atoms with van der Waals surface area (Å²) in [7, 11) is -1.96. The molecular formula is C31H34CrO4Si. The summed E-state index contributed by atoms with van der Waals surface area (Å²) >= 11 is 0. The van der Waals surface area contributed by atoms with Gasteiger partial charge in [0, 0.05) is 28.1 Å². The van der Waals surface area contributed by atoms with Crippen molar-refractivity contribution in [1.29, 1.82) is 0 Å². The quantitative estimate of drug-likeness (QED) is 0.139. The van der Waals surface area contributed by atoms with Crippen LogP contribution in [0.5, 0.6) is 5.75 Å². The number of rotatable bonds is 5. The molecular weight excluding hydrogens is 516 g/mol. The van der Waals surface area contributed by atoms with Gasteiger partial charge >= 0.3 is 33.9 Å². The van der Waals surface area contributed by atoms with E-state index in [0.29, 0.717) is 0 Å². The minimum absolute atomic E-state index is 0. The predicted octanol–water partition coefficient (Wildman–Crippen LogP) is 8.60. The van der Waals surface area contributed by atoms with Gasteiger partial charge in [0.2, 0.25) is 0 Å². The second-order valence-electron chi connectivity index (χ2n) is 10.1. The topological polar surface area (TPSA) is 68.9 Å². The molecule has 6 heteroatoms. The van der Waals surface area contributed by atoms with Crippen LogP contribution in [-0.2, 0) is 37.7 Å². The number of fused-ring (bicyclic) bond motifs is 2. The van der Waals surface area contributed by atoms with Crippen molar-refractivity contribution in [2.75, 3.05) is 0 Å². The number of benzene rings is 3. The fourth-order valence-corrected chi connectivity index (χ4v) is 5.10. The van der Waals surface area contributed by atoms with Crippen LogP contribution in [0.1, 0.15) is 57.2 Å². The molecule has 0 atom stereocenters. The Bertz CT molecular complexity index is 1250. The Morgan fingerprint density at radius 1 is 0.811 bits per heavy atom. The average Bonchev–Trinajstić information content (AvgIpc) is 3.05. The Balaban J connectivity index is 0.00000173. The largest absolute Gasteiger partial charge is 0 e. The zero-order chi connectivity index (χ0) is 27.5. The second-order valence-corrected chi connectivity index (χ2v) is 14.8. The summed E-state index contributed by atoms with van der Waals surface area (Å²) in [5.74, 6) is 1.13. The zero-order valence-electron chi connectivity index (χ0n) is 22.4. The van der Waals surface area contributed by atoms with Crippen LogP contribution in [0.3, 0.4) is 0 Å². The van der Waals surface area contributed by atoms with Crippen molar-refractivity contribution >= 4 is 31.2 Å². The Labute approximate surface area is 233 Å². The Hall–Kier alpha value is -2.57. The molecule has 0 fully saturated rings. The van der Waals surface area contributed by atoms with Gasteiger partial charge in [0.25, 0.3) is 8.32 Å². The number of hydrogen-bond acceptors (Lipinski definition) is 1. The van der Waals surface area contributed by atoms with Crippen LogP contribution in [0.2, 0.25) is 18.1 Å². The fourth-order valence-electron chi connectivity index (χ4n) is 4.05. The van der Waals surface area contributed by atoms with Crippen LogP contribution in [0, 0.1) is 20.0 Å². The maximum absolute atomic E-state index is 7.50. The Morgan fingerprint density at radius 3 is 1.97 bits per heavy atom. The van der Waals surface area contributed by atoms with Crippen molar-refractivity contribution in [2.24, 2.45) is 0 Å². The van der Waals surface area contributed by atoms with Crippen LogP contribution < -0.4 is 4.43 Å². The molecule has 0 radical (unpaired) electrons. The standard InChI is InChI=1S/C28H34OSi.3CO.Cr/c1-7-8-12-22-19-25-23-15-10-9-13-20(23)17-18-21-14-11-16-24(26(21)25)27(22)29-30(5,6)28(2,3)4;3*1-2;/h9-11,13-19H,7-8,12H2,1-6H3;;;;. The van der Waals surface area contributed by atoms with Crippen LogP contribution in [0.25, 0.3) is 34.1 Å². The normalized spacial score (nSPS) is 10.9. The summed E-state index contributed by atoms with van der Waals surface area (Å²) in [6.45, 7) is 27.4. The molecule has 1 aliphatic carbocycles. The summed E-state index contributed by atoms with van der Waals surface area (Å²) in [5, 5.41) is 2.76. The van der Waals surface area contributed by atoms with Crippen LogP contribution in [-0.4, -0.2) is 8.32 Å². The summed E-state index contributed by atoms with van der Waals surface area (Å²) in [4.78, 5) is 0. The van der Waals surface area contributed by atoms with E-state index >= 15 is 0 Å². The number of hydrogen-bond donors (Lipinski definition) is 0. The molecule has 4 rings (SSSR count). The molecule has 0 saturated heterocycles. The van der Waals surface area contributed by atoms with Gasteiger partial charge in [0.05, 0.1) is 0 Å². The molecule has 0 bridgehead atoms.